The van der Waals surface area contributed by atoms with Gasteiger partial charge in [0.25, 0.3) is 0 Å². The van der Waals surface area contributed by atoms with Crippen LogP contribution in [0.4, 0.5) is 13.2 Å². The minimum atomic E-state index is -4.39. The van der Waals surface area contributed by atoms with Gasteiger partial charge in [0.1, 0.15) is 0 Å². The molecule has 0 heterocycles. The summed E-state index contributed by atoms with van der Waals surface area (Å²) in [5, 5.41) is -0.802. The highest BCUT2D eigenvalue weighted by molar-refractivity contribution is 6.22. The van der Waals surface area contributed by atoms with Gasteiger partial charge in [-0.15, -0.1) is 11.6 Å². The third-order valence-electron chi connectivity index (χ3n) is 2.63. The summed E-state index contributed by atoms with van der Waals surface area (Å²) in [6.07, 6.45) is -4.39. The van der Waals surface area contributed by atoms with Gasteiger partial charge in [0, 0.05) is 0 Å². The SMILES string of the molecule is FC(F)(F)c1ccccc1[C@@H](Cl)c1ccccc1. The van der Waals surface area contributed by atoms with Gasteiger partial charge in [0.15, 0.2) is 0 Å². The number of halogens is 4. The van der Waals surface area contributed by atoms with E-state index in [1.807, 2.05) is 0 Å². The van der Waals surface area contributed by atoms with Crippen molar-refractivity contribution in [1.29, 1.82) is 0 Å². The molecule has 0 aliphatic carbocycles. The molecule has 0 bridgehead atoms. The maximum absolute atomic E-state index is 12.9. The van der Waals surface area contributed by atoms with E-state index in [0.29, 0.717) is 5.56 Å². The van der Waals surface area contributed by atoms with Crippen LogP contribution in [0.2, 0.25) is 0 Å². The van der Waals surface area contributed by atoms with Crippen LogP contribution >= 0.6 is 11.6 Å². The topological polar surface area (TPSA) is 0 Å². The van der Waals surface area contributed by atoms with Gasteiger partial charge in [-0.05, 0) is 17.2 Å². The van der Waals surface area contributed by atoms with Gasteiger partial charge in [0.2, 0.25) is 0 Å². The van der Waals surface area contributed by atoms with Crippen molar-refractivity contribution in [1.82, 2.24) is 0 Å². The van der Waals surface area contributed by atoms with Crippen molar-refractivity contribution in [2.24, 2.45) is 0 Å². The summed E-state index contributed by atoms with van der Waals surface area (Å²) >= 11 is 6.14. The molecule has 18 heavy (non-hydrogen) atoms. The summed E-state index contributed by atoms with van der Waals surface area (Å²) in [7, 11) is 0. The van der Waals surface area contributed by atoms with Crippen molar-refractivity contribution in [3.63, 3.8) is 0 Å². The Morgan fingerprint density at radius 2 is 1.39 bits per heavy atom. The predicted octanol–water partition coefficient (Wildman–Crippen LogP) is 5.03. The Bertz CT molecular complexity index is 520. The Morgan fingerprint density at radius 3 is 2.00 bits per heavy atom. The Balaban J connectivity index is 2.46. The van der Waals surface area contributed by atoms with Gasteiger partial charge in [-0.2, -0.15) is 13.2 Å². The Morgan fingerprint density at radius 1 is 0.833 bits per heavy atom. The van der Waals surface area contributed by atoms with Crippen LogP contribution in [0.3, 0.4) is 0 Å². The van der Waals surface area contributed by atoms with Crippen LogP contribution in [0.1, 0.15) is 22.1 Å². The van der Waals surface area contributed by atoms with Crippen LogP contribution in [-0.2, 0) is 6.18 Å². The molecule has 0 fully saturated rings. The van der Waals surface area contributed by atoms with E-state index < -0.39 is 17.1 Å². The molecule has 0 amide bonds. The van der Waals surface area contributed by atoms with Crippen molar-refractivity contribution in [2.75, 3.05) is 0 Å². The van der Waals surface area contributed by atoms with Gasteiger partial charge >= 0.3 is 6.18 Å². The minimum absolute atomic E-state index is 0.0814. The maximum Gasteiger partial charge on any atom is 0.416 e. The highest BCUT2D eigenvalue weighted by atomic mass is 35.5. The van der Waals surface area contributed by atoms with E-state index in [4.69, 9.17) is 11.6 Å². The Labute approximate surface area is 108 Å². The third-order valence-corrected chi connectivity index (χ3v) is 3.12. The second-order valence-corrected chi connectivity index (χ2v) is 4.29. The number of alkyl halides is 4. The highest BCUT2D eigenvalue weighted by Gasteiger charge is 2.34. The fraction of sp³-hybridized carbons (Fsp3) is 0.143. The Kier molecular flexibility index (Phi) is 3.62. The van der Waals surface area contributed by atoms with Crippen molar-refractivity contribution in [3.05, 3.63) is 71.3 Å². The summed E-state index contributed by atoms with van der Waals surface area (Å²) in [5.74, 6) is 0. The van der Waals surface area contributed by atoms with Crippen molar-refractivity contribution in [3.8, 4) is 0 Å². The lowest BCUT2D eigenvalue weighted by molar-refractivity contribution is -0.138. The molecule has 1 atom stereocenters. The summed E-state index contributed by atoms with van der Waals surface area (Å²) in [6, 6.07) is 14.1. The van der Waals surface area contributed by atoms with E-state index in [9.17, 15) is 13.2 Å². The predicted molar refractivity (Wildman–Crippen MR) is 65.6 cm³/mol. The summed E-state index contributed by atoms with van der Waals surface area (Å²) in [5.41, 5.74) is 0.0441. The molecule has 0 saturated carbocycles. The second kappa shape index (κ2) is 5.02. The van der Waals surface area contributed by atoms with Gasteiger partial charge in [-0.1, -0.05) is 48.5 Å². The average molecular weight is 271 g/mol. The molecule has 4 heteroatoms. The number of rotatable bonds is 2. The minimum Gasteiger partial charge on any atom is -0.166 e. The summed E-state index contributed by atoms with van der Waals surface area (Å²) < 4.78 is 38.6. The van der Waals surface area contributed by atoms with E-state index in [2.05, 4.69) is 0 Å². The molecule has 0 aromatic heterocycles. The lowest BCUT2D eigenvalue weighted by Gasteiger charge is -2.17. The third kappa shape index (κ3) is 2.67. The van der Waals surface area contributed by atoms with Gasteiger partial charge in [0.05, 0.1) is 10.9 Å². The van der Waals surface area contributed by atoms with E-state index in [-0.39, 0.29) is 5.56 Å². The van der Waals surface area contributed by atoms with Crippen molar-refractivity contribution >= 4 is 11.6 Å². The second-order valence-electron chi connectivity index (χ2n) is 3.86. The molecule has 0 nitrogen and oxygen atoms in total. The van der Waals surface area contributed by atoms with E-state index in [1.54, 1.807) is 36.4 Å². The number of hydrogen-bond acceptors (Lipinski definition) is 0. The van der Waals surface area contributed by atoms with E-state index in [1.165, 1.54) is 12.1 Å². The fourth-order valence-corrected chi connectivity index (χ4v) is 2.11. The standard InChI is InChI=1S/C14H10ClF3/c15-13(10-6-2-1-3-7-10)11-8-4-5-9-12(11)14(16,17)18/h1-9,13H/t13-/m0/s1. The van der Waals surface area contributed by atoms with Crippen molar-refractivity contribution in [2.45, 2.75) is 11.6 Å². The normalized spacial score (nSPS) is 13.3. The van der Waals surface area contributed by atoms with Crippen LogP contribution in [0, 0.1) is 0 Å². The molecular formula is C14H10ClF3. The first kappa shape index (κ1) is 13.0. The molecule has 0 aliphatic rings. The molecule has 0 saturated heterocycles. The lowest BCUT2D eigenvalue weighted by Crippen LogP contribution is -2.10. The zero-order chi connectivity index (χ0) is 13.2. The van der Waals surface area contributed by atoms with Crippen LogP contribution in [-0.4, -0.2) is 0 Å². The quantitative estimate of drug-likeness (QED) is 0.671. The van der Waals surface area contributed by atoms with Crippen LogP contribution < -0.4 is 0 Å². The van der Waals surface area contributed by atoms with Gasteiger partial charge < -0.3 is 0 Å². The van der Waals surface area contributed by atoms with E-state index >= 15 is 0 Å². The molecule has 0 spiro atoms. The maximum atomic E-state index is 12.9. The molecule has 0 radical (unpaired) electrons. The van der Waals surface area contributed by atoms with Crippen LogP contribution in [0.25, 0.3) is 0 Å². The smallest absolute Gasteiger partial charge is 0.166 e. The first-order valence-electron chi connectivity index (χ1n) is 5.35. The number of benzene rings is 2. The zero-order valence-corrected chi connectivity index (χ0v) is 10.0. The van der Waals surface area contributed by atoms with Crippen LogP contribution in [0.5, 0.6) is 0 Å². The lowest BCUT2D eigenvalue weighted by atomic mass is 9.99. The van der Waals surface area contributed by atoms with Crippen molar-refractivity contribution < 1.29 is 13.2 Å². The first-order chi connectivity index (χ1) is 8.50. The fourth-order valence-electron chi connectivity index (χ4n) is 1.78. The van der Waals surface area contributed by atoms with E-state index in [0.717, 1.165) is 6.07 Å². The molecule has 2 rings (SSSR count). The van der Waals surface area contributed by atoms with Gasteiger partial charge in [-0.3, -0.25) is 0 Å². The van der Waals surface area contributed by atoms with Gasteiger partial charge in [-0.25, -0.2) is 0 Å². The first-order valence-corrected chi connectivity index (χ1v) is 5.79. The molecule has 2 aromatic rings. The summed E-state index contributed by atoms with van der Waals surface area (Å²) in [4.78, 5) is 0. The molecule has 94 valence electrons. The monoisotopic (exact) mass is 270 g/mol. The average Bonchev–Trinajstić information content (AvgIpc) is 2.38. The molecule has 2 aromatic carbocycles. The molecular weight excluding hydrogens is 261 g/mol. The molecule has 0 aliphatic heterocycles. The number of hydrogen-bond donors (Lipinski definition) is 0. The largest absolute Gasteiger partial charge is 0.416 e. The highest BCUT2D eigenvalue weighted by Crippen LogP contribution is 2.38. The molecule has 0 N–H and O–H groups in total. The molecule has 0 unspecified atom stereocenters. The zero-order valence-electron chi connectivity index (χ0n) is 9.29. The summed E-state index contributed by atoms with van der Waals surface area (Å²) in [6.45, 7) is 0. The Hall–Kier alpha value is -1.48. The van der Waals surface area contributed by atoms with Crippen LogP contribution in [0.15, 0.2) is 54.6 Å².